The van der Waals surface area contributed by atoms with Crippen molar-refractivity contribution in [1.82, 2.24) is 0 Å². The van der Waals surface area contributed by atoms with E-state index < -0.39 is 5.38 Å². The van der Waals surface area contributed by atoms with Crippen LogP contribution in [0.25, 0.3) is 0 Å². The molecule has 0 aliphatic heterocycles. The molecule has 0 fully saturated rings. The fraction of sp³-hybridized carbons (Fsp3) is 0.143. The lowest BCUT2D eigenvalue weighted by atomic mass is 10.0. The van der Waals surface area contributed by atoms with Crippen LogP contribution in [0.15, 0.2) is 36.4 Å². The van der Waals surface area contributed by atoms with E-state index in [9.17, 15) is 8.78 Å². The van der Waals surface area contributed by atoms with Gasteiger partial charge in [0.25, 0.3) is 0 Å². The molecule has 0 aliphatic carbocycles. The lowest BCUT2D eigenvalue weighted by Gasteiger charge is -2.13. The molecule has 0 nitrogen and oxygen atoms in total. The first-order valence-electron chi connectivity index (χ1n) is 5.51. The molecule has 0 amide bonds. The monoisotopic (exact) mass is 412 g/mol. The molecule has 0 aliphatic rings. The zero-order valence-corrected chi connectivity index (χ0v) is 13.3. The van der Waals surface area contributed by atoms with Crippen LogP contribution < -0.4 is 0 Å². The summed E-state index contributed by atoms with van der Waals surface area (Å²) >= 11 is 14.3. The summed E-state index contributed by atoms with van der Waals surface area (Å²) < 4.78 is 27.4. The van der Waals surface area contributed by atoms with Crippen molar-refractivity contribution in [2.24, 2.45) is 0 Å². The normalized spacial score (nSPS) is 12.5. The Hall–Kier alpha value is -0.390. The van der Waals surface area contributed by atoms with Crippen LogP contribution in [0.2, 0.25) is 5.02 Å². The molecule has 0 saturated carbocycles. The molecule has 0 heterocycles. The smallest absolute Gasteiger partial charge is 0.127 e. The summed E-state index contributed by atoms with van der Waals surface area (Å²) in [4.78, 5) is 0. The van der Waals surface area contributed by atoms with Crippen molar-refractivity contribution in [3.63, 3.8) is 0 Å². The van der Waals surface area contributed by atoms with Crippen LogP contribution in [-0.4, -0.2) is 0 Å². The van der Waals surface area contributed by atoms with E-state index in [4.69, 9.17) is 23.2 Å². The van der Waals surface area contributed by atoms with Gasteiger partial charge in [0.15, 0.2) is 0 Å². The van der Waals surface area contributed by atoms with Gasteiger partial charge in [-0.1, -0.05) is 23.7 Å². The van der Waals surface area contributed by atoms with Gasteiger partial charge in [0.1, 0.15) is 11.6 Å². The van der Waals surface area contributed by atoms with Gasteiger partial charge in [-0.05, 0) is 58.8 Å². The molecule has 0 spiro atoms. The van der Waals surface area contributed by atoms with E-state index >= 15 is 0 Å². The van der Waals surface area contributed by atoms with Crippen molar-refractivity contribution in [2.75, 3.05) is 0 Å². The van der Waals surface area contributed by atoms with Crippen LogP contribution in [0.3, 0.4) is 0 Å². The minimum atomic E-state index is -0.457. The summed E-state index contributed by atoms with van der Waals surface area (Å²) in [6.45, 7) is 0. The van der Waals surface area contributed by atoms with Gasteiger partial charge in [0.2, 0.25) is 0 Å². The third-order valence-electron chi connectivity index (χ3n) is 2.74. The Morgan fingerprint density at radius 2 is 1.89 bits per heavy atom. The predicted octanol–water partition coefficient (Wildman–Crippen LogP) is 5.75. The molecule has 2 aromatic carbocycles. The molecule has 5 heteroatoms. The van der Waals surface area contributed by atoms with Crippen molar-refractivity contribution in [2.45, 2.75) is 11.8 Å². The number of hydrogen-bond donors (Lipinski definition) is 0. The summed E-state index contributed by atoms with van der Waals surface area (Å²) in [6, 6.07) is 8.87. The topological polar surface area (TPSA) is 0 Å². The van der Waals surface area contributed by atoms with Crippen molar-refractivity contribution in [3.8, 4) is 0 Å². The number of hydrogen-bond acceptors (Lipinski definition) is 0. The molecule has 1 atom stereocenters. The van der Waals surface area contributed by atoms with Crippen LogP contribution in [0.4, 0.5) is 8.78 Å². The third kappa shape index (κ3) is 3.58. The first-order valence-corrected chi connectivity index (χ1v) is 7.40. The Morgan fingerprint density at radius 1 is 1.16 bits per heavy atom. The quantitative estimate of drug-likeness (QED) is 0.445. The molecular weight excluding hydrogens is 404 g/mol. The minimum absolute atomic E-state index is 0.259. The number of rotatable bonds is 3. The number of benzene rings is 2. The Balaban J connectivity index is 2.28. The largest absolute Gasteiger partial charge is 0.207 e. The molecule has 2 rings (SSSR count). The van der Waals surface area contributed by atoms with Crippen LogP contribution in [-0.2, 0) is 6.42 Å². The maximum atomic E-state index is 13.7. The summed E-state index contributed by atoms with van der Waals surface area (Å²) in [6.07, 6.45) is 0.259. The highest BCUT2D eigenvalue weighted by Gasteiger charge is 2.17. The Labute approximate surface area is 133 Å². The van der Waals surface area contributed by atoms with Crippen LogP contribution >= 0.6 is 45.8 Å². The first kappa shape index (κ1) is 15.0. The fourth-order valence-electron chi connectivity index (χ4n) is 1.77. The average Bonchev–Trinajstić information content (AvgIpc) is 2.33. The summed E-state index contributed by atoms with van der Waals surface area (Å²) in [5, 5.41) is -0.107. The molecule has 2 aromatic rings. The fourth-order valence-corrected chi connectivity index (χ4v) is 3.39. The van der Waals surface area contributed by atoms with E-state index in [1.807, 2.05) is 22.6 Å². The third-order valence-corrected chi connectivity index (χ3v) is 4.42. The van der Waals surface area contributed by atoms with Gasteiger partial charge in [0, 0.05) is 14.2 Å². The van der Waals surface area contributed by atoms with Crippen molar-refractivity contribution in [1.29, 1.82) is 0 Å². The van der Waals surface area contributed by atoms with Gasteiger partial charge in [-0.25, -0.2) is 8.78 Å². The highest BCUT2D eigenvalue weighted by Crippen LogP contribution is 2.32. The molecule has 0 radical (unpaired) electrons. The van der Waals surface area contributed by atoms with Gasteiger partial charge in [-0.3, -0.25) is 0 Å². The van der Waals surface area contributed by atoms with Crippen LogP contribution in [0, 0.1) is 15.2 Å². The SMILES string of the molecule is Fc1ccc(C(Cl)Cc2c(F)cccc2Cl)c(I)c1. The van der Waals surface area contributed by atoms with Crippen LogP contribution in [0.5, 0.6) is 0 Å². The molecule has 1 unspecified atom stereocenters. The minimum Gasteiger partial charge on any atom is -0.207 e. The molecule has 100 valence electrons. The van der Waals surface area contributed by atoms with Gasteiger partial charge < -0.3 is 0 Å². The van der Waals surface area contributed by atoms with Gasteiger partial charge in [0.05, 0.1) is 5.38 Å². The van der Waals surface area contributed by atoms with E-state index in [0.29, 0.717) is 14.2 Å². The Morgan fingerprint density at radius 3 is 2.53 bits per heavy atom. The van der Waals surface area contributed by atoms with Crippen molar-refractivity contribution in [3.05, 3.63) is 67.8 Å². The molecule has 0 bridgehead atoms. The maximum Gasteiger partial charge on any atom is 0.127 e. The van der Waals surface area contributed by atoms with E-state index in [-0.39, 0.29) is 18.1 Å². The average molecular weight is 413 g/mol. The Kier molecular flexibility index (Phi) is 5.03. The second-order valence-corrected chi connectivity index (χ2v) is 6.13. The predicted molar refractivity (Wildman–Crippen MR) is 82.8 cm³/mol. The van der Waals surface area contributed by atoms with E-state index in [0.717, 1.165) is 5.56 Å². The van der Waals surface area contributed by atoms with Gasteiger partial charge >= 0.3 is 0 Å². The summed E-state index contributed by atoms with van der Waals surface area (Å²) in [5.41, 5.74) is 1.15. The lowest BCUT2D eigenvalue weighted by Crippen LogP contribution is -2.01. The van der Waals surface area contributed by atoms with Crippen molar-refractivity contribution < 1.29 is 8.78 Å². The van der Waals surface area contributed by atoms with Crippen LogP contribution in [0.1, 0.15) is 16.5 Å². The highest BCUT2D eigenvalue weighted by molar-refractivity contribution is 14.1. The first-order chi connectivity index (χ1) is 8.99. The van der Waals surface area contributed by atoms with Gasteiger partial charge in [-0.15, -0.1) is 11.6 Å². The van der Waals surface area contributed by atoms with E-state index in [1.165, 1.54) is 18.2 Å². The summed E-state index contributed by atoms with van der Waals surface area (Å²) in [5.74, 6) is -0.698. The zero-order valence-electron chi connectivity index (χ0n) is 9.64. The van der Waals surface area contributed by atoms with E-state index in [2.05, 4.69) is 0 Å². The molecule has 0 N–H and O–H groups in total. The highest BCUT2D eigenvalue weighted by atomic mass is 127. The number of halogens is 5. The van der Waals surface area contributed by atoms with Crippen molar-refractivity contribution >= 4 is 45.8 Å². The Bertz CT molecular complexity index is 582. The molecule has 0 saturated heterocycles. The summed E-state index contributed by atoms with van der Waals surface area (Å²) in [7, 11) is 0. The van der Waals surface area contributed by atoms with Gasteiger partial charge in [-0.2, -0.15) is 0 Å². The number of alkyl halides is 1. The molecular formula is C14H9Cl2F2I. The molecule has 19 heavy (non-hydrogen) atoms. The lowest BCUT2D eigenvalue weighted by molar-refractivity contribution is 0.606. The second kappa shape index (κ2) is 6.37. The second-order valence-electron chi connectivity index (χ2n) is 4.04. The maximum absolute atomic E-state index is 13.7. The molecule has 0 aromatic heterocycles. The standard InChI is InChI=1S/C14H9Cl2F2I/c15-11-2-1-3-13(18)10(11)7-12(16)9-5-4-8(17)6-14(9)19/h1-6,12H,7H2. The zero-order chi connectivity index (χ0) is 14.0. The van der Waals surface area contributed by atoms with E-state index in [1.54, 1.807) is 18.2 Å².